The Labute approximate surface area is 165 Å². The second kappa shape index (κ2) is 7.39. The lowest BCUT2D eigenvalue weighted by atomic mass is 9.93. The number of benzene rings is 1. The van der Waals surface area contributed by atoms with Gasteiger partial charge in [0.1, 0.15) is 38.2 Å². The van der Waals surface area contributed by atoms with E-state index in [0.717, 1.165) is 29.5 Å². The van der Waals surface area contributed by atoms with Crippen LogP contribution in [0, 0.1) is 5.92 Å². The summed E-state index contributed by atoms with van der Waals surface area (Å²) in [6, 6.07) is 8.16. The van der Waals surface area contributed by atoms with Crippen LogP contribution in [-0.2, 0) is 0 Å². The second-order valence-corrected chi connectivity index (χ2v) is 8.04. The first kappa shape index (κ1) is 18.7. The van der Waals surface area contributed by atoms with Gasteiger partial charge in [-0.3, -0.25) is 0 Å². The van der Waals surface area contributed by atoms with Gasteiger partial charge in [-0.2, -0.15) is 0 Å². The van der Waals surface area contributed by atoms with Crippen LogP contribution in [0.3, 0.4) is 0 Å². The number of fused-ring (bicyclic) bond motifs is 1. The fraction of sp³-hybridized carbons (Fsp3) is 0.476. The van der Waals surface area contributed by atoms with Crippen molar-refractivity contribution in [3.8, 4) is 5.75 Å². The summed E-state index contributed by atoms with van der Waals surface area (Å²) in [5.74, 6) is 1.83. The van der Waals surface area contributed by atoms with Gasteiger partial charge in [0, 0.05) is 30.4 Å². The average molecular weight is 382 g/mol. The number of hydrogen-bond acceptors (Lipinski definition) is 6. The molecule has 2 aliphatic heterocycles. The highest BCUT2D eigenvalue weighted by atomic mass is 16.5. The molecule has 2 aliphatic rings. The minimum absolute atomic E-state index is 0.0316. The first-order chi connectivity index (χ1) is 13.4. The van der Waals surface area contributed by atoms with Crippen molar-refractivity contribution in [1.29, 1.82) is 0 Å². The maximum atomic E-state index is 10.4. The zero-order valence-corrected chi connectivity index (χ0v) is 16.8. The Hall–Kier alpha value is -2.67. The number of hydrogen-bond donors (Lipinski definition) is 2. The van der Waals surface area contributed by atoms with E-state index in [1.165, 1.54) is 5.56 Å². The third-order valence-corrected chi connectivity index (χ3v) is 5.12. The molecule has 1 fully saturated rings. The van der Waals surface area contributed by atoms with Crippen LogP contribution in [0.25, 0.3) is 0 Å². The van der Waals surface area contributed by atoms with Gasteiger partial charge in [-0.1, -0.05) is 0 Å². The SMILES string of the molecule is CC(C)Oc1ccc2c(c1)C(c1cc(N3CC(O)C(C=[N+](C)C)C3)ncn1)N2. The molecule has 0 saturated carbocycles. The molecular formula is C21H28N5O2+. The zero-order chi connectivity index (χ0) is 19.8. The molecule has 3 heterocycles. The summed E-state index contributed by atoms with van der Waals surface area (Å²) in [5.41, 5.74) is 3.22. The molecule has 1 aromatic heterocycles. The Morgan fingerprint density at radius 3 is 2.82 bits per heavy atom. The molecule has 28 heavy (non-hydrogen) atoms. The zero-order valence-electron chi connectivity index (χ0n) is 16.8. The Morgan fingerprint density at radius 2 is 2.07 bits per heavy atom. The monoisotopic (exact) mass is 382 g/mol. The van der Waals surface area contributed by atoms with Crippen LogP contribution < -0.4 is 15.0 Å². The third-order valence-electron chi connectivity index (χ3n) is 5.12. The molecule has 1 aromatic carbocycles. The molecule has 0 radical (unpaired) electrons. The second-order valence-electron chi connectivity index (χ2n) is 8.04. The number of nitrogens with one attached hydrogen (secondary N) is 1. The number of anilines is 2. The highest BCUT2D eigenvalue weighted by molar-refractivity contribution is 5.68. The Bertz CT molecular complexity index is 894. The first-order valence-corrected chi connectivity index (χ1v) is 9.74. The van der Waals surface area contributed by atoms with Crippen molar-refractivity contribution >= 4 is 17.7 Å². The summed E-state index contributed by atoms with van der Waals surface area (Å²) in [6.07, 6.45) is 3.42. The predicted octanol–water partition coefficient (Wildman–Crippen LogP) is 1.92. The standard InChI is InChI=1S/C21H28N5O2/c1-13(2)28-15-5-6-17-16(7-15)21(24-17)18-8-20(23-12-22-18)26-10-14(9-25(3)4)19(27)11-26/h5-9,12-14,19,21,24,27H,10-11H2,1-4H3/q+1. The van der Waals surface area contributed by atoms with Crippen molar-refractivity contribution in [1.82, 2.24) is 9.97 Å². The third kappa shape index (κ3) is 3.67. The van der Waals surface area contributed by atoms with Crippen LogP contribution in [-0.4, -0.2) is 65.3 Å². The van der Waals surface area contributed by atoms with E-state index < -0.39 is 0 Å². The summed E-state index contributed by atoms with van der Waals surface area (Å²) >= 11 is 0. The van der Waals surface area contributed by atoms with Gasteiger partial charge in [-0.05, 0) is 32.0 Å². The molecule has 0 spiro atoms. The normalized spacial score (nSPS) is 23.1. The van der Waals surface area contributed by atoms with Gasteiger partial charge in [0.05, 0.1) is 29.9 Å². The van der Waals surface area contributed by atoms with Crippen molar-refractivity contribution in [2.24, 2.45) is 5.92 Å². The van der Waals surface area contributed by atoms with Gasteiger partial charge in [0.2, 0.25) is 0 Å². The van der Waals surface area contributed by atoms with Gasteiger partial charge in [-0.25, -0.2) is 14.5 Å². The molecular weight excluding hydrogens is 354 g/mol. The number of aliphatic hydroxyl groups excluding tert-OH is 1. The molecule has 2 aromatic rings. The van der Waals surface area contributed by atoms with Crippen LogP contribution in [0.5, 0.6) is 5.75 Å². The number of aliphatic hydroxyl groups is 1. The van der Waals surface area contributed by atoms with E-state index in [4.69, 9.17) is 4.74 Å². The molecule has 7 nitrogen and oxygen atoms in total. The van der Waals surface area contributed by atoms with E-state index in [1.54, 1.807) is 6.33 Å². The minimum atomic E-state index is -0.390. The lowest BCUT2D eigenvalue weighted by Crippen LogP contribution is -2.26. The van der Waals surface area contributed by atoms with Crippen molar-refractivity contribution in [3.63, 3.8) is 0 Å². The lowest BCUT2D eigenvalue weighted by molar-refractivity contribution is -0.462. The maximum absolute atomic E-state index is 10.4. The number of rotatable bonds is 5. The van der Waals surface area contributed by atoms with Crippen molar-refractivity contribution in [2.75, 3.05) is 37.4 Å². The van der Waals surface area contributed by atoms with Gasteiger partial charge >= 0.3 is 0 Å². The summed E-state index contributed by atoms with van der Waals surface area (Å²) < 4.78 is 7.82. The van der Waals surface area contributed by atoms with Crippen LogP contribution in [0.2, 0.25) is 0 Å². The molecule has 2 N–H and O–H groups in total. The lowest BCUT2D eigenvalue weighted by Gasteiger charge is -2.33. The number of nitrogens with zero attached hydrogens (tertiary/aromatic N) is 4. The summed E-state index contributed by atoms with van der Waals surface area (Å²) in [5, 5.41) is 13.8. The molecule has 3 unspecified atom stereocenters. The molecule has 7 heteroatoms. The fourth-order valence-corrected chi connectivity index (χ4v) is 3.87. The Balaban J connectivity index is 1.54. The quantitative estimate of drug-likeness (QED) is 0.608. The van der Waals surface area contributed by atoms with Crippen LogP contribution in [0.4, 0.5) is 11.5 Å². The largest absolute Gasteiger partial charge is 0.491 e. The molecule has 0 bridgehead atoms. The van der Waals surface area contributed by atoms with Crippen LogP contribution in [0.15, 0.2) is 30.6 Å². The number of ether oxygens (including phenoxy) is 1. The van der Waals surface area contributed by atoms with Crippen molar-refractivity contribution < 1.29 is 14.4 Å². The van der Waals surface area contributed by atoms with Gasteiger partial charge in [-0.15, -0.1) is 0 Å². The summed E-state index contributed by atoms with van der Waals surface area (Å²) in [4.78, 5) is 11.1. The van der Waals surface area contributed by atoms with E-state index in [0.29, 0.717) is 6.54 Å². The van der Waals surface area contributed by atoms with E-state index >= 15 is 0 Å². The van der Waals surface area contributed by atoms with Crippen molar-refractivity contribution in [2.45, 2.75) is 32.1 Å². The highest BCUT2D eigenvalue weighted by Crippen LogP contribution is 2.42. The van der Waals surface area contributed by atoms with Gasteiger partial charge < -0.3 is 20.1 Å². The Kier molecular flexibility index (Phi) is 4.93. The van der Waals surface area contributed by atoms with Crippen LogP contribution in [0.1, 0.15) is 31.1 Å². The molecule has 4 rings (SSSR count). The van der Waals surface area contributed by atoms with Crippen LogP contribution >= 0.6 is 0 Å². The minimum Gasteiger partial charge on any atom is -0.491 e. The molecule has 148 valence electrons. The number of β-amino-alcohol motifs (C(OH)–C–C–N with tert-alkyl or cyclic N) is 1. The topological polar surface area (TPSA) is 73.5 Å². The molecule has 1 saturated heterocycles. The Morgan fingerprint density at radius 1 is 1.25 bits per heavy atom. The first-order valence-electron chi connectivity index (χ1n) is 9.74. The maximum Gasteiger partial charge on any atom is 0.146 e. The molecule has 0 amide bonds. The smallest absolute Gasteiger partial charge is 0.146 e. The summed E-state index contributed by atoms with van der Waals surface area (Å²) in [7, 11) is 3.96. The highest BCUT2D eigenvalue weighted by Gasteiger charge is 2.34. The molecule has 0 aliphatic carbocycles. The van der Waals surface area contributed by atoms with E-state index in [2.05, 4.69) is 32.5 Å². The van der Waals surface area contributed by atoms with E-state index in [9.17, 15) is 5.11 Å². The fourth-order valence-electron chi connectivity index (χ4n) is 3.87. The van der Waals surface area contributed by atoms with Gasteiger partial charge in [0.25, 0.3) is 0 Å². The summed E-state index contributed by atoms with van der Waals surface area (Å²) in [6.45, 7) is 5.37. The predicted molar refractivity (Wildman–Crippen MR) is 110 cm³/mol. The van der Waals surface area contributed by atoms with E-state index in [-0.39, 0.29) is 24.2 Å². The van der Waals surface area contributed by atoms with Crippen molar-refractivity contribution in [3.05, 3.63) is 41.9 Å². The average Bonchev–Trinajstić information content (AvgIpc) is 2.97. The van der Waals surface area contributed by atoms with E-state index in [1.807, 2.05) is 50.7 Å². The van der Waals surface area contributed by atoms with Gasteiger partial charge in [0.15, 0.2) is 0 Å². The number of aromatic nitrogens is 2. The molecule has 3 atom stereocenters.